The van der Waals surface area contributed by atoms with Gasteiger partial charge in [0.1, 0.15) is 0 Å². The summed E-state index contributed by atoms with van der Waals surface area (Å²) in [6.45, 7) is 11.7. The van der Waals surface area contributed by atoms with E-state index in [4.69, 9.17) is 23.7 Å². The van der Waals surface area contributed by atoms with Crippen LogP contribution in [-0.2, 0) is 28.5 Å². The molecule has 0 aliphatic carbocycles. The highest BCUT2D eigenvalue weighted by Crippen LogP contribution is 2.10. The minimum absolute atomic E-state index is 0.150. The predicted octanol–water partition coefficient (Wildman–Crippen LogP) is 5.95. The molecule has 192 valence electrons. The highest BCUT2D eigenvalue weighted by atomic mass is 16.6. The van der Waals surface area contributed by atoms with E-state index in [1.54, 1.807) is 0 Å². The summed E-state index contributed by atoms with van der Waals surface area (Å²) < 4.78 is 27.1. The Bertz CT molecular complexity index is 375. The maximum absolute atomic E-state index is 11.4. The number of unbranched alkanes of at least 4 members (excludes halogenated alkanes) is 9. The maximum Gasteiger partial charge on any atom is 0.305 e. The Balaban J connectivity index is 3.07. The van der Waals surface area contributed by atoms with Gasteiger partial charge in [0.25, 0.3) is 0 Å². The minimum atomic E-state index is -0.150. The molecule has 0 aromatic heterocycles. The summed E-state index contributed by atoms with van der Waals surface area (Å²) in [6.07, 6.45) is 14.5. The molecule has 0 spiro atoms. The smallest absolute Gasteiger partial charge is 0.305 e. The Labute approximate surface area is 198 Å². The van der Waals surface area contributed by atoms with Crippen molar-refractivity contribution in [2.75, 3.05) is 59.5 Å². The number of carbonyl (C=O) groups excluding carboxylic acids is 1. The fourth-order valence-corrected chi connectivity index (χ4v) is 3.10. The molecular formula is C26H52O6. The van der Waals surface area contributed by atoms with Crippen LogP contribution in [-0.4, -0.2) is 65.4 Å². The zero-order chi connectivity index (χ0) is 23.5. The topological polar surface area (TPSA) is 63.2 Å². The monoisotopic (exact) mass is 460 g/mol. The summed E-state index contributed by atoms with van der Waals surface area (Å²) in [5.74, 6) is 0.224. The summed E-state index contributed by atoms with van der Waals surface area (Å²) in [6, 6.07) is 0. The van der Waals surface area contributed by atoms with Gasteiger partial charge in [-0.2, -0.15) is 0 Å². The average molecular weight is 461 g/mol. The van der Waals surface area contributed by atoms with Crippen molar-refractivity contribution >= 4 is 5.97 Å². The Morgan fingerprint density at radius 2 is 0.969 bits per heavy atom. The van der Waals surface area contributed by atoms with Crippen LogP contribution in [0.25, 0.3) is 0 Å². The third kappa shape index (κ3) is 27.3. The predicted molar refractivity (Wildman–Crippen MR) is 130 cm³/mol. The molecule has 0 radical (unpaired) electrons. The third-order valence-corrected chi connectivity index (χ3v) is 5.01. The molecule has 6 nitrogen and oxygen atoms in total. The molecule has 0 aromatic rings. The van der Waals surface area contributed by atoms with Gasteiger partial charge in [0.05, 0.1) is 46.2 Å². The lowest BCUT2D eigenvalue weighted by molar-refractivity contribution is -0.145. The molecule has 0 aliphatic heterocycles. The number of hydrogen-bond donors (Lipinski definition) is 0. The number of hydrogen-bond acceptors (Lipinski definition) is 6. The molecule has 0 fully saturated rings. The van der Waals surface area contributed by atoms with E-state index < -0.39 is 0 Å². The lowest BCUT2D eigenvalue weighted by atomic mass is 10.1. The molecular weight excluding hydrogens is 408 g/mol. The van der Waals surface area contributed by atoms with Gasteiger partial charge in [-0.15, -0.1) is 0 Å². The van der Waals surface area contributed by atoms with Crippen LogP contribution >= 0.6 is 0 Å². The van der Waals surface area contributed by atoms with Crippen molar-refractivity contribution in [2.24, 2.45) is 5.92 Å². The van der Waals surface area contributed by atoms with E-state index in [2.05, 4.69) is 6.92 Å². The molecule has 0 atom stereocenters. The number of ether oxygens (including phenoxy) is 5. The maximum atomic E-state index is 11.4. The first kappa shape index (κ1) is 31.3. The van der Waals surface area contributed by atoms with Crippen LogP contribution in [0.4, 0.5) is 0 Å². The molecule has 0 aromatic carbocycles. The summed E-state index contributed by atoms with van der Waals surface area (Å²) in [5.41, 5.74) is 0. The van der Waals surface area contributed by atoms with E-state index in [0.29, 0.717) is 71.6 Å². The molecule has 0 heterocycles. The normalized spacial score (nSPS) is 11.4. The van der Waals surface area contributed by atoms with Gasteiger partial charge in [-0.3, -0.25) is 4.79 Å². The summed E-state index contributed by atoms with van der Waals surface area (Å²) in [4.78, 5) is 11.4. The zero-order valence-electron chi connectivity index (χ0n) is 21.4. The molecule has 32 heavy (non-hydrogen) atoms. The second-order valence-corrected chi connectivity index (χ2v) is 8.81. The van der Waals surface area contributed by atoms with Crippen molar-refractivity contribution in [2.45, 2.75) is 97.8 Å². The highest BCUT2D eigenvalue weighted by Gasteiger charge is 2.04. The Hall–Kier alpha value is -0.690. The summed E-state index contributed by atoms with van der Waals surface area (Å²) >= 11 is 0. The number of esters is 1. The van der Waals surface area contributed by atoms with E-state index in [0.717, 1.165) is 13.0 Å². The minimum Gasteiger partial charge on any atom is -0.465 e. The van der Waals surface area contributed by atoms with Crippen LogP contribution in [0.5, 0.6) is 0 Å². The van der Waals surface area contributed by atoms with Gasteiger partial charge in [-0.05, 0) is 18.8 Å². The first-order valence-corrected chi connectivity index (χ1v) is 13.1. The van der Waals surface area contributed by atoms with Crippen LogP contribution in [0.1, 0.15) is 97.8 Å². The van der Waals surface area contributed by atoms with Crippen LogP contribution in [0.3, 0.4) is 0 Å². The number of carbonyl (C=O) groups is 1. The van der Waals surface area contributed by atoms with Crippen molar-refractivity contribution in [3.63, 3.8) is 0 Å². The Morgan fingerprint density at radius 1 is 0.562 bits per heavy atom. The van der Waals surface area contributed by atoms with Crippen LogP contribution < -0.4 is 0 Å². The van der Waals surface area contributed by atoms with Crippen molar-refractivity contribution in [3.8, 4) is 0 Å². The Kier molecular flexibility index (Phi) is 26.0. The first-order chi connectivity index (χ1) is 15.7. The SMILES string of the molecule is CCCCCCCCCCCCOCCOCCOCCOCCCC(=O)OCC(C)C. The molecule has 0 unspecified atom stereocenters. The molecule has 0 bridgehead atoms. The summed E-state index contributed by atoms with van der Waals surface area (Å²) in [5, 5.41) is 0. The molecule has 0 saturated carbocycles. The van der Waals surface area contributed by atoms with Gasteiger partial charge < -0.3 is 23.7 Å². The van der Waals surface area contributed by atoms with E-state index in [1.807, 2.05) is 13.8 Å². The van der Waals surface area contributed by atoms with Gasteiger partial charge in [0.2, 0.25) is 0 Å². The average Bonchev–Trinajstić information content (AvgIpc) is 2.78. The van der Waals surface area contributed by atoms with Crippen LogP contribution in [0, 0.1) is 5.92 Å². The van der Waals surface area contributed by atoms with Gasteiger partial charge in [0, 0.05) is 19.6 Å². The lowest BCUT2D eigenvalue weighted by Crippen LogP contribution is -2.13. The van der Waals surface area contributed by atoms with Gasteiger partial charge in [-0.25, -0.2) is 0 Å². The van der Waals surface area contributed by atoms with E-state index in [1.165, 1.54) is 57.8 Å². The lowest BCUT2D eigenvalue weighted by Gasteiger charge is -2.08. The van der Waals surface area contributed by atoms with Crippen molar-refractivity contribution in [1.82, 2.24) is 0 Å². The highest BCUT2D eigenvalue weighted by molar-refractivity contribution is 5.69. The van der Waals surface area contributed by atoms with E-state index >= 15 is 0 Å². The van der Waals surface area contributed by atoms with Crippen molar-refractivity contribution in [3.05, 3.63) is 0 Å². The van der Waals surface area contributed by atoms with Crippen molar-refractivity contribution < 1.29 is 28.5 Å². The standard InChI is InChI=1S/C26H52O6/c1-4-5-6-7-8-9-10-11-12-13-16-28-18-20-30-22-23-31-21-19-29-17-14-15-26(27)32-24-25(2)3/h25H,4-24H2,1-3H3. The third-order valence-electron chi connectivity index (χ3n) is 5.01. The molecule has 0 amide bonds. The van der Waals surface area contributed by atoms with Gasteiger partial charge >= 0.3 is 5.97 Å². The zero-order valence-corrected chi connectivity index (χ0v) is 21.4. The second-order valence-electron chi connectivity index (χ2n) is 8.81. The largest absolute Gasteiger partial charge is 0.465 e. The van der Waals surface area contributed by atoms with Crippen molar-refractivity contribution in [1.29, 1.82) is 0 Å². The summed E-state index contributed by atoms with van der Waals surface area (Å²) in [7, 11) is 0. The molecule has 6 heteroatoms. The quantitative estimate of drug-likeness (QED) is 0.117. The fraction of sp³-hybridized carbons (Fsp3) is 0.962. The molecule has 0 N–H and O–H groups in total. The first-order valence-electron chi connectivity index (χ1n) is 13.1. The van der Waals surface area contributed by atoms with Gasteiger partial charge in [0.15, 0.2) is 0 Å². The van der Waals surface area contributed by atoms with E-state index in [9.17, 15) is 4.79 Å². The van der Waals surface area contributed by atoms with Crippen LogP contribution in [0.15, 0.2) is 0 Å². The fourth-order valence-electron chi connectivity index (χ4n) is 3.10. The molecule has 0 aliphatic rings. The molecule has 0 saturated heterocycles. The van der Waals surface area contributed by atoms with Crippen LogP contribution in [0.2, 0.25) is 0 Å². The second kappa shape index (κ2) is 26.6. The van der Waals surface area contributed by atoms with E-state index in [-0.39, 0.29) is 5.97 Å². The molecule has 0 rings (SSSR count). The van der Waals surface area contributed by atoms with Gasteiger partial charge in [-0.1, -0.05) is 78.6 Å². The Morgan fingerprint density at radius 3 is 1.44 bits per heavy atom. The number of rotatable bonds is 26.